The van der Waals surface area contributed by atoms with Crippen LogP contribution in [0.15, 0.2) is 58.0 Å². The normalized spacial score (nSPS) is 13.7. The summed E-state index contributed by atoms with van der Waals surface area (Å²) in [6.07, 6.45) is 4.42. The summed E-state index contributed by atoms with van der Waals surface area (Å²) < 4.78 is 53.9. The van der Waals surface area contributed by atoms with Crippen LogP contribution in [-0.2, 0) is 16.4 Å². The van der Waals surface area contributed by atoms with Crippen molar-refractivity contribution in [2.24, 2.45) is 0 Å². The lowest BCUT2D eigenvalue weighted by molar-refractivity contribution is 0.0984. The van der Waals surface area contributed by atoms with Gasteiger partial charge < -0.3 is 10.6 Å². The minimum atomic E-state index is -3.92. The highest BCUT2D eigenvalue weighted by molar-refractivity contribution is 9.10. The first kappa shape index (κ1) is 23.3. The number of hydrogen-bond acceptors (Lipinski definition) is 5. The molecule has 1 aliphatic rings. The third kappa shape index (κ3) is 4.91. The monoisotopic (exact) mass is 535 g/mol. The highest BCUT2D eigenvalue weighted by Gasteiger charge is 2.28. The Morgan fingerprint density at radius 3 is 2.52 bits per heavy atom. The predicted molar refractivity (Wildman–Crippen MR) is 125 cm³/mol. The molecule has 1 fully saturated rings. The van der Waals surface area contributed by atoms with Gasteiger partial charge in [-0.3, -0.25) is 9.78 Å². The summed E-state index contributed by atoms with van der Waals surface area (Å²) in [7, 11) is -3.92. The number of pyridine rings is 1. The van der Waals surface area contributed by atoms with Crippen LogP contribution in [0.1, 0.15) is 40.4 Å². The van der Waals surface area contributed by atoms with Crippen molar-refractivity contribution in [3.8, 4) is 0 Å². The molecule has 3 aromatic rings. The van der Waals surface area contributed by atoms with E-state index in [0.717, 1.165) is 41.8 Å². The summed E-state index contributed by atoms with van der Waals surface area (Å²) in [5.74, 6) is -1.74. The van der Waals surface area contributed by atoms with E-state index in [9.17, 15) is 22.0 Å². The number of anilines is 2. The number of nitrogen functional groups attached to an aromatic ring is 1. The number of nitrogens with two attached hydrogens (primary N) is 1. The second-order valence-electron chi connectivity index (χ2n) is 7.96. The molecule has 1 aromatic heterocycles. The van der Waals surface area contributed by atoms with E-state index >= 15 is 0 Å². The molecule has 0 spiro atoms. The Balaban J connectivity index is 1.82. The molecular weight excluding hydrogens is 516 g/mol. The molecule has 1 amide bonds. The number of sulfone groups is 1. The Kier molecular flexibility index (Phi) is 6.24. The predicted octanol–water partition coefficient (Wildman–Crippen LogP) is 4.83. The number of benzene rings is 2. The van der Waals surface area contributed by atoms with Crippen molar-refractivity contribution in [2.75, 3.05) is 16.9 Å². The van der Waals surface area contributed by atoms with Crippen LogP contribution in [0.25, 0.3) is 0 Å². The average Bonchev–Trinajstić information content (AvgIpc) is 3.62. The smallest absolute Gasteiger partial charge is 0.260 e. The number of nitrogens with zero attached hydrogens (tertiary/aromatic N) is 2. The molecule has 0 radical (unpaired) electrons. The number of carbonyl (C=O) groups excluding carboxylic acids is 1. The van der Waals surface area contributed by atoms with Crippen LogP contribution in [0.3, 0.4) is 0 Å². The van der Waals surface area contributed by atoms with Gasteiger partial charge in [-0.05, 0) is 65.2 Å². The van der Waals surface area contributed by atoms with Crippen LogP contribution in [-0.4, -0.2) is 25.6 Å². The van der Waals surface area contributed by atoms with E-state index in [0.29, 0.717) is 10.4 Å². The van der Waals surface area contributed by atoms with Gasteiger partial charge >= 0.3 is 0 Å². The van der Waals surface area contributed by atoms with Gasteiger partial charge in [0, 0.05) is 34.1 Å². The zero-order chi connectivity index (χ0) is 23.9. The van der Waals surface area contributed by atoms with Gasteiger partial charge in [0.1, 0.15) is 5.82 Å². The van der Waals surface area contributed by atoms with Crippen molar-refractivity contribution < 1.29 is 22.0 Å². The maximum Gasteiger partial charge on any atom is 0.260 e. The van der Waals surface area contributed by atoms with Crippen molar-refractivity contribution in [2.45, 2.75) is 30.2 Å². The van der Waals surface area contributed by atoms with Gasteiger partial charge in [-0.25, -0.2) is 17.2 Å². The number of hydrogen-bond donors (Lipinski definition) is 1. The molecule has 0 aliphatic heterocycles. The lowest BCUT2D eigenvalue weighted by Crippen LogP contribution is -2.32. The van der Waals surface area contributed by atoms with Crippen LogP contribution in [0.5, 0.6) is 0 Å². The van der Waals surface area contributed by atoms with Gasteiger partial charge in [0.05, 0.1) is 28.4 Å². The average molecular weight is 536 g/mol. The molecule has 172 valence electrons. The Bertz CT molecular complexity index is 1340. The Morgan fingerprint density at radius 1 is 1.18 bits per heavy atom. The number of rotatable bonds is 6. The third-order valence-corrected chi connectivity index (χ3v) is 7.24. The second kappa shape index (κ2) is 8.83. The Labute approximate surface area is 198 Å². The summed E-state index contributed by atoms with van der Waals surface area (Å²) in [6, 6.07) is 9.40. The fraction of sp³-hybridized carbons (Fsp3) is 0.217. The fourth-order valence-corrected chi connectivity index (χ4v) is 4.68. The largest absolute Gasteiger partial charge is 0.395 e. The number of carbonyl (C=O) groups is 1. The van der Waals surface area contributed by atoms with E-state index in [1.54, 1.807) is 12.1 Å². The molecule has 4 rings (SSSR count). The molecule has 2 aromatic carbocycles. The SMILES string of the molecule is CS(=O)(=O)c1cc(F)ccc1N(Cc1ccc(Br)c(N)c1F)C(=O)c1ccc(C2CC2)nc1. The first-order valence-corrected chi connectivity index (χ1v) is 12.7. The van der Waals surface area contributed by atoms with E-state index in [-0.39, 0.29) is 33.9 Å². The first-order chi connectivity index (χ1) is 15.6. The van der Waals surface area contributed by atoms with Crippen LogP contribution in [0.4, 0.5) is 20.2 Å². The van der Waals surface area contributed by atoms with Crippen molar-refractivity contribution in [3.63, 3.8) is 0 Å². The summed E-state index contributed by atoms with van der Waals surface area (Å²) in [6.45, 7) is -0.333. The zero-order valence-electron chi connectivity index (χ0n) is 17.6. The molecule has 0 atom stereocenters. The van der Waals surface area contributed by atoms with E-state index in [1.165, 1.54) is 24.4 Å². The van der Waals surface area contributed by atoms with E-state index in [1.807, 2.05) is 0 Å². The summed E-state index contributed by atoms with van der Waals surface area (Å²) in [5.41, 5.74) is 6.69. The fourth-order valence-electron chi connectivity index (χ4n) is 3.49. The van der Waals surface area contributed by atoms with Crippen LogP contribution in [0.2, 0.25) is 0 Å². The summed E-state index contributed by atoms with van der Waals surface area (Å²) >= 11 is 3.15. The van der Waals surface area contributed by atoms with Crippen molar-refractivity contribution in [3.05, 3.63) is 81.6 Å². The van der Waals surface area contributed by atoms with Gasteiger partial charge in [-0.1, -0.05) is 6.07 Å². The Morgan fingerprint density at radius 2 is 1.91 bits per heavy atom. The van der Waals surface area contributed by atoms with E-state index < -0.39 is 27.4 Å². The van der Waals surface area contributed by atoms with Crippen molar-refractivity contribution in [1.82, 2.24) is 4.98 Å². The van der Waals surface area contributed by atoms with Gasteiger partial charge in [0.2, 0.25) is 0 Å². The molecule has 0 bridgehead atoms. The van der Waals surface area contributed by atoms with Gasteiger partial charge in [-0.15, -0.1) is 0 Å². The first-order valence-electron chi connectivity index (χ1n) is 10.1. The quantitative estimate of drug-likeness (QED) is 0.456. The lowest BCUT2D eigenvalue weighted by atomic mass is 10.1. The number of aromatic nitrogens is 1. The third-order valence-electron chi connectivity index (χ3n) is 5.42. The lowest BCUT2D eigenvalue weighted by Gasteiger charge is -2.25. The van der Waals surface area contributed by atoms with Gasteiger partial charge in [-0.2, -0.15) is 0 Å². The van der Waals surface area contributed by atoms with Crippen LogP contribution >= 0.6 is 15.9 Å². The topological polar surface area (TPSA) is 93.4 Å². The highest BCUT2D eigenvalue weighted by atomic mass is 79.9. The zero-order valence-corrected chi connectivity index (χ0v) is 20.0. The molecule has 10 heteroatoms. The summed E-state index contributed by atoms with van der Waals surface area (Å²) in [5, 5.41) is 0. The van der Waals surface area contributed by atoms with Crippen molar-refractivity contribution in [1.29, 1.82) is 0 Å². The maximum atomic E-state index is 14.9. The molecule has 1 aliphatic carbocycles. The highest BCUT2D eigenvalue weighted by Crippen LogP contribution is 2.39. The van der Waals surface area contributed by atoms with Crippen LogP contribution in [0, 0.1) is 11.6 Å². The van der Waals surface area contributed by atoms with Gasteiger partial charge in [0.15, 0.2) is 15.7 Å². The molecule has 0 unspecified atom stereocenters. The minimum Gasteiger partial charge on any atom is -0.395 e. The van der Waals surface area contributed by atoms with Gasteiger partial charge in [0.25, 0.3) is 5.91 Å². The number of halogens is 3. The minimum absolute atomic E-state index is 0.0652. The summed E-state index contributed by atoms with van der Waals surface area (Å²) in [4.78, 5) is 18.6. The van der Waals surface area contributed by atoms with E-state index in [4.69, 9.17) is 5.73 Å². The molecule has 0 saturated heterocycles. The number of amides is 1. The molecule has 2 N–H and O–H groups in total. The molecule has 1 saturated carbocycles. The standard InChI is InChI=1S/C23H20BrF2N3O3S/c1-33(31,32)20-10-16(25)6-9-19(20)29(12-15-4-7-17(24)22(27)21(15)26)23(30)14-5-8-18(28-11-14)13-2-3-13/h4-11,13H,2-3,12,27H2,1H3. The second-order valence-corrected chi connectivity index (χ2v) is 10.8. The maximum absolute atomic E-state index is 14.9. The molecule has 1 heterocycles. The van der Waals surface area contributed by atoms with Crippen LogP contribution < -0.4 is 10.6 Å². The van der Waals surface area contributed by atoms with E-state index in [2.05, 4.69) is 20.9 Å². The molecular formula is C23H20BrF2N3O3S. The van der Waals surface area contributed by atoms with Crippen molar-refractivity contribution >= 4 is 43.0 Å². The Hall–Kier alpha value is -2.85. The molecule has 33 heavy (non-hydrogen) atoms. The molecule has 6 nitrogen and oxygen atoms in total.